The van der Waals surface area contributed by atoms with Crippen LogP contribution in [0.1, 0.15) is 0 Å². The molecule has 0 amide bonds. The van der Waals surface area contributed by atoms with E-state index in [0.717, 1.165) is 0 Å². The molecule has 0 saturated heterocycles. The minimum Gasteiger partial charge on any atom is -0.509 e. The molecule has 6 heteroatoms. The van der Waals surface area contributed by atoms with E-state index in [1.807, 2.05) is 0 Å². The number of hydrogen-bond donors (Lipinski definition) is 2. The van der Waals surface area contributed by atoms with Gasteiger partial charge in [0.05, 0.1) is 11.6 Å². The standard InChI is InChI=1S/C7H8BBrO4/c1-12-7-5(9)3-2-4-6(7)13-8(10)11/h2-4,10-11H,1H3. The predicted octanol–water partition coefficient (Wildman–Crippen LogP) is 0.806. The van der Waals surface area contributed by atoms with Gasteiger partial charge in [-0.3, -0.25) is 0 Å². The molecule has 0 heterocycles. The molecule has 0 aliphatic rings. The highest BCUT2D eigenvalue weighted by molar-refractivity contribution is 9.10. The quantitative estimate of drug-likeness (QED) is 0.775. The second-order valence-electron chi connectivity index (χ2n) is 2.22. The van der Waals surface area contributed by atoms with Gasteiger partial charge in [0.25, 0.3) is 0 Å². The third kappa shape index (κ3) is 2.62. The molecular weight excluding hydrogens is 239 g/mol. The number of para-hydroxylation sites is 1. The van der Waals surface area contributed by atoms with E-state index in [0.29, 0.717) is 10.2 Å². The second kappa shape index (κ2) is 4.50. The van der Waals surface area contributed by atoms with Crippen LogP contribution < -0.4 is 9.39 Å². The van der Waals surface area contributed by atoms with Gasteiger partial charge in [-0.1, -0.05) is 6.07 Å². The van der Waals surface area contributed by atoms with Crippen molar-refractivity contribution in [3.05, 3.63) is 22.7 Å². The molecule has 70 valence electrons. The summed E-state index contributed by atoms with van der Waals surface area (Å²) in [5, 5.41) is 17.2. The second-order valence-corrected chi connectivity index (χ2v) is 3.07. The highest BCUT2D eigenvalue weighted by Gasteiger charge is 2.15. The third-order valence-electron chi connectivity index (χ3n) is 1.37. The molecule has 0 saturated carbocycles. The van der Waals surface area contributed by atoms with E-state index in [9.17, 15) is 0 Å². The Morgan fingerprint density at radius 1 is 1.38 bits per heavy atom. The zero-order valence-electron chi connectivity index (χ0n) is 6.90. The first-order chi connectivity index (χ1) is 6.15. The average Bonchev–Trinajstić information content (AvgIpc) is 2.03. The van der Waals surface area contributed by atoms with Crippen molar-refractivity contribution in [3.8, 4) is 11.5 Å². The highest BCUT2D eigenvalue weighted by Crippen LogP contribution is 2.34. The number of ether oxygens (including phenoxy) is 1. The Morgan fingerprint density at radius 2 is 2.08 bits per heavy atom. The van der Waals surface area contributed by atoms with E-state index in [2.05, 4.69) is 20.6 Å². The predicted molar refractivity (Wildman–Crippen MR) is 51.5 cm³/mol. The topological polar surface area (TPSA) is 58.9 Å². The van der Waals surface area contributed by atoms with Crippen LogP contribution in [0.15, 0.2) is 22.7 Å². The first kappa shape index (κ1) is 10.4. The lowest BCUT2D eigenvalue weighted by Gasteiger charge is -2.10. The monoisotopic (exact) mass is 246 g/mol. The van der Waals surface area contributed by atoms with Crippen molar-refractivity contribution in [3.63, 3.8) is 0 Å². The van der Waals surface area contributed by atoms with Crippen molar-refractivity contribution in [1.29, 1.82) is 0 Å². The molecule has 4 nitrogen and oxygen atoms in total. The van der Waals surface area contributed by atoms with E-state index in [1.165, 1.54) is 7.11 Å². The Balaban J connectivity index is 2.98. The molecular formula is C7H8BBrO4. The fraction of sp³-hybridized carbons (Fsp3) is 0.143. The maximum Gasteiger partial charge on any atom is 0.707 e. The molecule has 0 aromatic heterocycles. The maximum atomic E-state index is 8.58. The molecule has 1 aromatic rings. The van der Waals surface area contributed by atoms with Crippen LogP contribution in [0.3, 0.4) is 0 Å². The van der Waals surface area contributed by atoms with Gasteiger partial charge < -0.3 is 19.4 Å². The molecule has 0 fully saturated rings. The Morgan fingerprint density at radius 3 is 2.62 bits per heavy atom. The molecule has 0 radical (unpaired) electrons. The first-order valence-electron chi connectivity index (χ1n) is 3.50. The number of rotatable bonds is 3. The number of methoxy groups -OCH3 is 1. The van der Waals surface area contributed by atoms with Gasteiger partial charge in [0.15, 0.2) is 5.75 Å². The van der Waals surface area contributed by atoms with Gasteiger partial charge in [-0.2, -0.15) is 0 Å². The number of benzene rings is 1. The summed E-state index contributed by atoms with van der Waals surface area (Å²) in [4.78, 5) is 0. The summed E-state index contributed by atoms with van der Waals surface area (Å²) in [6.45, 7) is 0. The minimum atomic E-state index is -1.84. The largest absolute Gasteiger partial charge is 0.707 e. The Kier molecular flexibility index (Phi) is 3.59. The molecule has 2 N–H and O–H groups in total. The van der Waals surface area contributed by atoms with Crippen LogP contribution in [-0.4, -0.2) is 24.5 Å². The zero-order chi connectivity index (χ0) is 9.84. The van der Waals surface area contributed by atoms with Crippen LogP contribution >= 0.6 is 15.9 Å². The molecule has 0 spiro atoms. The van der Waals surface area contributed by atoms with E-state index in [1.54, 1.807) is 18.2 Å². The Hall–Kier alpha value is -0.715. The van der Waals surface area contributed by atoms with Crippen molar-refractivity contribution in [1.82, 2.24) is 0 Å². The lowest BCUT2D eigenvalue weighted by molar-refractivity contribution is 0.279. The summed E-state index contributed by atoms with van der Waals surface area (Å²) in [5.41, 5.74) is 0. The fourth-order valence-corrected chi connectivity index (χ4v) is 1.40. The van der Waals surface area contributed by atoms with Crippen LogP contribution in [0.2, 0.25) is 0 Å². The minimum absolute atomic E-state index is 0.270. The molecule has 0 bridgehead atoms. The summed E-state index contributed by atoms with van der Waals surface area (Å²) < 4.78 is 10.3. The molecule has 0 unspecified atom stereocenters. The van der Waals surface area contributed by atoms with E-state index in [4.69, 9.17) is 14.8 Å². The Bertz CT molecular complexity index is 292. The fourth-order valence-electron chi connectivity index (χ4n) is 0.894. The van der Waals surface area contributed by atoms with Gasteiger partial charge in [0.2, 0.25) is 0 Å². The normalized spacial score (nSPS) is 9.54. The summed E-state index contributed by atoms with van der Waals surface area (Å²) in [7, 11) is -0.375. The number of hydrogen-bond acceptors (Lipinski definition) is 4. The van der Waals surface area contributed by atoms with Crippen LogP contribution in [-0.2, 0) is 0 Å². The molecule has 13 heavy (non-hydrogen) atoms. The van der Waals surface area contributed by atoms with Crippen LogP contribution in [0.5, 0.6) is 11.5 Å². The third-order valence-corrected chi connectivity index (χ3v) is 1.99. The van der Waals surface area contributed by atoms with Crippen molar-refractivity contribution >= 4 is 23.3 Å². The molecule has 1 aromatic carbocycles. The van der Waals surface area contributed by atoms with E-state index >= 15 is 0 Å². The smallest absolute Gasteiger partial charge is 0.509 e. The Labute approximate surface area is 84.4 Å². The lowest BCUT2D eigenvalue weighted by Crippen LogP contribution is -2.20. The highest BCUT2D eigenvalue weighted by atomic mass is 79.9. The van der Waals surface area contributed by atoms with Crippen LogP contribution in [0.25, 0.3) is 0 Å². The van der Waals surface area contributed by atoms with Crippen LogP contribution in [0, 0.1) is 0 Å². The van der Waals surface area contributed by atoms with Gasteiger partial charge in [-0.05, 0) is 28.1 Å². The van der Waals surface area contributed by atoms with Gasteiger partial charge in [0.1, 0.15) is 5.75 Å². The summed E-state index contributed by atoms with van der Waals surface area (Å²) in [5.74, 6) is 0.697. The molecule has 0 aliphatic heterocycles. The molecule has 1 rings (SSSR count). The van der Waals surface area contributed by atoms with Gasteiger partial charge >= 0.3 is 7.32 Å². The summed E-state index contributed by atoms with van der Waals surface area (Å²) in [6.07, 6.45) is 0. The van der Waals surface area contributed by atoms with Gasteiger partial charge in [0, 0.05) is 0 Å². The van der Waals surface area contributed by atoms with E-state index < -0.39 is 7.32 Å². The van der Waals surface area contributed by atoms with E-state index in [-0.39, 0.29) is 5.75 Å². The van der Waals surface area contributed by atoms with Crippen LogP contribution in [0.4, 0.5) is 0 Å². The van der Waals surface area contributed by atoms with Crippen molar-refractivity contribution in [2.24, 2.45) is 0 Å². The molecule has 0 atom stereocenters. The van der Waals surface area contributed by atoms with Crippen molar-refractivity contribution in [2.75, 3.05) is 7.11 Å². The summed E-state index contributed by atoms with van der Waals surface area (Å²) in [6, 6.07) is 5.03. The average molecular weight is 247 g/mol. The van der Waals surface area contributed by atoms with Gasteiger partial charge in [-0.25, -0.2) is 0 Å². The lowest BCUT2D eigenvalue weighted by atomic mass is 10.2. The first-order valence-corrected chi connectivity index (χ1v) is 4.29. The van der Waals surface area contributed by atoms with Crippen molar-refractivity contribution < 1.29 is 19.4 Å². The number of halogens is 1. The summed E-state index contributed by atoms with van der Waals surface area (Å²) >= 11 is 3.23. The molecule has 0 aliphatic carbocycles. The SMILES string of the molecule is COc1c(Br)cccc1OB(O)O. The zero-order valence-corrected chi connectivity index (χ0v) is 8.48. The maximum absolute atomic E-state index is 8.58. The van der Waals surface area contributed by atoms with Crippen molar-refractivity contribution in [2.45, 2.75) is 0 Å². The van der Waals surface area contributed by atoms with Gasteiger partial charge in [-0.15, -0.1) is 0 Å².